The Morgan fingerprint density at radius 3 is 2.72 bits per heavy atom. The zero-order chi connectivity index (χ0) is 13.8. The van der Waals surface area contributed by atoms with Gasteiger partial charge in [0.25, 0.3) is 5.69 Å². The lowest BCUT2D eigenvalue weighted by Crippen LogP contribution is -2.26. The van der Waals surface area contributed by atoms with E-state index in [9.17, 15) is 18.5 Å². The van der Waals surface area contributed by atoms with Crippen molar-refractivity contribution in [2.75, 3.05) is 6.54 Å². The number of nitrogens with one attached hydrogen (secondary N) is 1. The number of nitrogens with zero attached hydrogens (tertiary/aromatic N) is 1. The van der Waals surface area contributed by atoms with Crippen molar-refractivity contribution >= 4 is 15.7 Å². The summed E-state index contributed by atoms with van der Waals surface area (Å²) >= 11 is 0. The lowest BCUT2D eigenvalue weighted by molar-refractivity contribution is -0.387. The zero-order valence-electron chi connectivity index (χ0n) is 9.71. The maximum Gasteiger partial charge on any atom is 0.289 e. The molecule has 0 aliphatic heterocycles. The first-order valence-electron chi connectivity index (χ1n) is 5.07. The van der Waals surface area contributed by atoms with Crippen molar-refractivity contribution in [2.24, 2.45) is 0 Å². The number of nitro groups is 1. The Labute approximate surface area is 105 Å². The summed E-state index contributed by atoms with van der Waals surface area (Å²) in [4.78, 5) is 9.80. The van der Waals surface area contributed by atoms with Crippen LogP contribution in [0.4, 0.5) is 5.69 Å². The predicted octanol–water partition coefficient (Wildman–Crippen LogP) is 1.20. The Morgan fingerprint density at radius 1 is 1.50 bits per heavy atom. The van der Waals surface area contributed by atoms with E-state index in [1.807, 2.05) is 0 Å². The van der Waals surface area contributed by atoms with Gasteiger partial charge in [0.05, 0.1) is 4.92 Å². The normalized spacial score (nSPS) is 10.9. The highest BCUT2D eigenvalue weighted by atomic mass is 32.2. The van der Waals surface area contributed by atoms with Gasteiger partial charge in [-0.3, -0.25) is 10.1 Å². The predicted molar refractivity (Wildman–Crippen MR) is 66.5 cm³/mol. The minimum absolute atomic E-state index is 0.0460. The second-order valence-electron chi connectivity index (χ2n) is 3.53. The average molecular weight is 268 g/mol. The number of nitro benzene ring substituents is 1. The fraction of sp³-hybridized carbons (Fsp3) is 0.273. The van der Waals surface area contributed by atoms with E-state index < -0.39 is 20.6 Å². The van der Waals surface area contributed by atoms with Crippen LogP contribution in [0.15, 0.2) is 23.1 Å². The monoisotopic (exact) mass is 268 g/mol. The fourth-order valence-corrected chi connectivity index (χ4v) is 2.89. The van der Waals surface area contributed by atoms with E-state index in [2.05, 4.69) is 10.6 Å². The molecule has 0 saturated heterocycles. The van der Waals surface area contributed by atoms with Gasteiger partial charge in [-0.25, -0.2) is 13.1 Å². The molecule has 0 atom stereocenters. The summed E-state index contributed by atoms with van der Waals surface area (Å²) in [5, 5.41) is 10.8. The van der Waals surface area contributed by atoms with E-state index in [1.165, 1.54) is 19.1 Å². The maximum atomic E-state index is 12.0. The van der Waals surface area contributed by atoms with Crippen LogP contribution in [-0.2, 0) is 10.0 Å². The quantitative estimate of drug-likeness (QED) is 0.376. The van der Waals surface area contributed by atoms with Crippen LogP contribution in [0.2, 0.25) is 0 Å². The Balaban J connectivity index is 3.24. The average Bonchev–Trinajstić information content (AvgIpc) is 2.28. The van der Waals surface area contributed by atoms with Gasteiger partial charge in [-0.1, -0.05) is 12.1 Å². The van der Waals surface area contributed by atoms with Crippen LogP contribution in [0.25, 0.3) is 0 Å². The zero-order valence-corrected chi connectivity index (χ0v) is 10.5. The standard InChI is InChI=1S/C11H12N2O4S/c1-3-4-8-12-18(16,17)11-9(2)6-5-7-10(11)13(14)15/h1,5-7,12H,4,8H2,2H3. The van der Waals surface area contributed by atoms with Crippen molar-refractivity contribution < 1.29 is 13.3 Å². The SMILES string of the molecule is C#CCCNS(=O)(=O)c1c(C)cccc1[N+](=O)[O-]. The molecule has 96 valence electrons. The number of sulfonamides is 1. The van der Waals surface area contributed by atoms with E-state index in [1.54, 1.807) is 0 Å². The molecule has 0 aliphatic rings. The van der Waals surface area contributed by atoms with Crippen molar-refractivity contribution in [3.63, 3.8) is 0 Å². The van der Waals surface area contributed by atoms with Crippen LogP contribution in [-0.4, -0.2) is 19.9 Å². The third-order valence-electron chi connectivity index (χ3n) is 2.22. The number of rotatable bonds is 5. The number of terminal acetylenes is 1. The molecule has 1 aromatic rings. The second-order valence-corrected chi connectivity index (χ2v) is 5.24. The fourth-order valence-electron chi connectivity index (χ4n) is 1.46. The van der Waals surface area contributed by atoms with E-state index in [0.29, 0.717) is 5.56 Å². The third kappa shape index (κ3) is 3.06. The number of hydrogen-bond acceptors (Lipinski definition) is 4. The Kier molecular flexibility index (Phi) is 4.42. The molecule has 18 heavy (non-hydrogen) atoms. The van der Waals surface area contributed by atoms with Crippen LogP contribution < -0.4 is 4.72 Å². The molecule has 7 heteroatoms. The molecule has 6 nitrogen and oxygen atoms in total. The topological polar surface area (TPSA) is 89.3 Å². The smallest absolute Gasteiger partial charge is 0.258 e. The molecule has 0 saturated carbocycles. The van der Waals surface area contributed by atoms with Gasteiger partial charge in [0.2, 0.25) is 10.0 Å². The maximum absolute atomic E-state index is 12.0. The van der Waals surface area contributed by atoms with Gasteiger partial charge in [-0.05, 0) is 12.5 Å². The molecule has 0 bridgehead atoms. The van der Waals surface area contributed by atoms with E-state index in [0.717, 1.165) is 6.07 Å². The summed E-state index contributed by atoms with van der Waals surface area (Å²) in [6.07, 6.45) is 5.23. The van der Waals surface area contributed by atoms with Crippen LogP contribution in [0.3, 0.4) is 0 Å². The number of hydrogen-bond donors (Lipinski definition) is 1. The van der Waals surface area contributed by atoms with Gasteiger partial charge in [-0.2, -0.15) is 0 Å². The molecule has 0 radical (unpaired) electrons. The highest BCUT2D eigenvalue weighted by Crippen LogP contribution is 2.26. The van der Waals surface area contributed by atoms with Crippen molar-refractivity contribution in [1.29, 1.82) is 0 Å². The van der Waals surface area contributed by atoms with Crippen molar-refractivity contribution in [2.45, 2.75) is 18.2 Å². The minimum Gasteiger partial charge on any atom is -0.258 e. The summed E-state index contributed by atoms with van der Waals surface area (Å²) in [6.45, 7) is 1.55. The first-order valence-corrected chi connectivity index (χ1v) is 6.55. The Hall–Kier alpha value is -1.91. The van der Waals surface area contributed by atoms with E-state index >= 15 is 0 Å². The van der Waals surface area contributed by atoms with Gasteiger partial charge in [0.1, 0.15) is 0 Å². The highest BCUT2D eigenvalue weighted by molar-refractivity contribution is 7.89. The van der Waals surface area contributed by atoms with Crippen LogP contribution >= 0.6 is 0 Å². The minimum atomic E-state index is -3.93. The van der Waals surface area contributed by atoms with Gasteiger partial charge in [0, 0.05) is 19.0 Å². The molecule has 0 spiro atoms. The molecule has 0 aliphatic carbocycles. The van der Waals surface area contributed by atoms with Gasteiger partial charge in [-0.15, -0.1) is 12.3 Å². The first-order chi connectivity index (χ1) is 8.40. The van der Waals surface area contributed by atoms with E-state index in [4.69, 9.17) is 6.42 Å². The molecule has 0 amide bonds. The van der Waals surface area contributed by atoms with Crippen molar-refractivity contribution in [3.8, 4) is 12.3 Å². The molecular weight excluding hydrogens is 256 g/mol. The summed E-state index contributed by atoms with van der Waals surface area (Å²) in [5.74, 6) is 2.28. The Bertz CT molecular complexity index is 602. The van der Waals surface area contributed by atoms with Gasteiger partial charge < -0.3 is 0 Å². The molecule has 0 unspecified atom stereocenters. The lowest BCUT2D eigenvalue weighted by Gasteiger charge is -2.08. The van der Waals surface area contributed by atoms with Crippen molar-refractivity contribution in [1.82, 2.24) is 4.72 Å². The van der Waals surface area contributed by atoms with E-state index in [-0.39, 0.29) is 17.9 Å². The molecule has 0 fully saturated rings. The first kappa shape index (κ1) is 14.2. The molecule has 1 rings (SSSR count). The largest absolute Gasteiger partial charge is 0.289 e. The molecule has 0 aromatic heterocycles. The molecular formula is C11H12N2O4S. The third-order valence-corrected chi connectivity index (χ3v) is 3.87. The molecule has 0 heterocycles. The highest BCUT2D eigenvalue weighted by Gasteiger charge is 2.27. The Morgan fingerprint density at radius 2 is 2.17 bits per heavy atom. The molecule has 1 aromatic carbocycles. The summed E-state index contributed by atoms with van der Waals surface area (Å²) in [6, 6.07) is 4.10. The van der Waals surface area contributed by atoms with Crippen LogP contribution in [0, 0.1) is 29.4 Å². The van der Waals surface area contributed by atoms with Gasteiger partial charge >= 0.3 is 0 Å². The summed E-state index contributed by atoms with van der Waals surface area (Å²) in [5.41, 5.74) is -0.124. The van der Waals surface area contributed by atoms with Crippen LogP contribution in [0.1, 0.15) is 12.0 Å². The van der Waals surface area contributed by atoms with Gasteiger partial charge in [0.15, 0.2) is 4.90 Å². The number of aryl methyl sites for hydroxylation is 1. The lowest BCUT2D eigenvalue weighted by atomic mass is 10.2. The van der Waals surface area contributed by atoms with Crippen molar-refractivity contribution in [3.05, 3.63) is 33.9 Å². The summed E-state index contributed by atoms with van der Waals surface area (Å²) < 4.78 is 26.2. The second kappa shape index (κ2) is 5.62. The van der Waals surface area contributed by atoms with Crippen LogP contribution in [0.5, 0.6) is 0 Å². The summed E-state index contributed by atoms with van der Waals surface area (Å²) in [7, 11) is -3.93. The molecule has 1 N–H and O–H groups in total. The number of benzene rings is 1.